The van der Waals surface area contributed by atoms with Gasteiger partial charge in [0, 0.05) is 7.05 Å². The highest BCUT2D eigenvalue weighted by Gasteiger charge is 2.24. The van der Waals surface area contributed by atoms with E-state index in [-0.39, 0.29) is 11.8 Å². The summed E-state index contributed by atoms with van der Waals surface area (Å²) in [5.41, 5.74) is 1.53. The van der Waals surface area contributed by atoms with Crippen molar-refractivity contribution < 1.29 is 14.3 Å². The van der Waals surface area contributed by atoms with Gasteiger partial charge in [-0.3, -0.25) is 9.59 Å². The number of benzene rings is 2. The van der Waals surface area contributed by atoms with Crippen molar-refractivity contribution in [2.75, 3.05) is 32.2 Å². The van der Waals surface area contributed by atoms with Crippen LogP contribution in [0.3, 0.4) is 0 Å². The lowest BCUT2D eigenvalue weighted by Crippen LogP contribution is -2.48. The Morgan fingerprint density at radius 1 is 1.17 bits per heavy atom. The van der Waals surface area contributed by atoms with Crippen molar-refractivity contribution in [2.24, 2.45) is 0 Å². The molecule has 0 saturated carbocycles. The number of halogens is 1. The third-order valence-corrected chi connectivity index (χ3v) is 5.40. The number of hydrogen-bond acceptors (Lipinski definition) is 4. The van der Waals surface area contributed by atoms with Crippen LogP contribution < -0.4 is 10.1 Å². The predicted octanol–water partition coefficient (Wildman–Crippen LogP) is 4.04. The highest BCUT2D eigenvalue weighted by Crippen LogP contribution is 2.16. The first kappa shape index (κ1) is 23.1. The molecule has 0 heterocycles. The zero-order valence-electron chi connectivity index (χ0n) is 17.0. The van der Waals surface area contributed by atoms with Crippen molar-refractivity contribution in [3.8, 4) is 5.75 Å². The van der Waals surface area contributed by atoms with Crippen LogP contribution in [-0.2, 0) is 4.79 Å². The topological polar surface area (TPSA) is 58.6 Å². The van der Waals surface area contributed by atoms with E-state index in [0.29, 0.717) is 30.2 Å². The van der Waals surface area contributed by atoms with Crippen LogP contribution in [0.4, 0.5) is 0 Å². The average Bonchev–Trinajstić information content (AvgIpc) is 2.72. The number of amides is 2. The molecule has 156 valence electrons. The molecule has 5 nitrogen and oxygen atoms in total. The summed E-state index contributed by atoms with van der Waals surface area (Å²) in [7, 11) is 1.72. The Bertz CT molecular complexity index is 814. The van der Waals surface area contributed by atoms with Crippen LogP contribution in [0.2, 0.25) is 5.02 Å². The minimum Gasteiger partial charge on any atom is -0.492 e. The number of rotatable bonds is 10. The molecule has 2 aromatic carbocycles. The van der Waals surface area contributed by atoms with Crippen molar-refractivity contribution in [1.82, 2.24) is 10.2 Å². The van der Waals surface area contributed by atoms with Crippen molar-refractivity contribution in [1.29, 1.82) is 0 Å². The summed E-state index contributed by atoms with van der Waals surface area (Å²) >= 11 is 7.74. The molecule has 29 heavy (non-hydrogen) atoms. The van der Waals surface area contributed by atoms with Crippen LogP contribution in [0.5, 0.6) is 5.75 Å². The van der Waals surface area contributed by atoms with E-state index >= 15 is 0 Å². The van der Waals surface area contributed by atoms with Gasteiger partial charge in [0.25, 0.3) is 5.91 Å². The van der Waals surface area contributed by atoms with E-state index in [1.807, 2.05) is 37.4 Å². The van der Waals surface area contributed by atoms with Crippen molar-refractivity contribution in [3.05, 3.63) is 64.7 Å². The van der Waals surface area contributed by atoms with Crippen molar-refractivity contribution in [3.63, 3.8) is 0 Å². The minimum absolute atomic E-state index is 0.146. The molecular formula is C22H27ClN2O3S. The van der Waals surface area contributed by atoms with Crippen molar-refractivity contribution in [2.45, 2.75) is 19.4 Å². The SMILES string of the molecule is CSCCC(NC(=O)c1ccccc1Cl)C(=O)N(C)CCOc1ccc(C)cc1. The zero-order valence-corrected chi connectivity index (χ0v) is 18.6. The molecule has 1 atom stereocenters. The summed E-state index contributed by atoms with van der Waals surface area (Å²) in [6.45, 7) is 2.81. The summed E-state index contributed by atoms with van der Waals surface area (Å²) in [6.07, 6.45) is 2.51. The predicted molar refractivity (Wildman–Crippen MR) is 120 cm³/mol. The third kappa shape index (κ3) is 7.29. The number of hydrogen-bond donors (Lipinski definition) is 1. The number of carbonyl (C=O) groups excluding carboxylic acids is 2. The van der Waals surface area contributed by atoms with Gasteiger partial charge in [-0.05, 0) is 49.6 Å². The van der Waals surface area contributed by atoms with Gasteiger partial charge in [0.15, 0.2) is 0 Å². The Labute approximate surface area is 181 Å². The molecule has 0 aliphatic heterocycles. The lowest BCUT2D eigenvalue weighted by atomic mass is 10.1. The van der Waals surface area contributed by atoms with Gasteiger partial charge in [0.2, 0.25) is 5.91 Å². The van der Waals surface area contributed by atoms with Crippen LogP contribution in [0, 0.1) is 6.92 Å². The first-order chi connectivity index (χ1) is 13.9. The summed E-state index contributed by atoms with van der Waals surface area (Å²) in [5, 5.41) is 3.20. The maximum Gasteiger partial charge on any atom is 0.253 e. The quantitative estimate of drug-likeness (QED) is 0.613. The number of aryl methyl sites for hydroxylation is 1. The smallest absolute Gasteiger partial charge is 0.253 e. The Morgan fingerprint density at radius 2 is 1.86 bits per heavy atom. The van der Waals surface area contributed by atoms with Gasteiger partial charge in [-0.1, -0.05) is 41.4 Å². The second-order valence-corrected chi connectivity index (χ2v) is 8.10. The second-order valence-electron chi connectivity index (χ2n) is 6.71. The van der Waals surface area contributed by atoms with Gasteiger partial charge in [-0.2, -0.15) is 11.8 Å². The molecule has 2 amide bonds. The molecule has 0 fully saturated rings. The van der Waals surface area contributed by atoms with Gasteiger partial charge in [-0.25, -0.2) is 0 Å². The number of thioether (sulfide) groups is 1. The van der Waals surface area contributed by atoms with Crippen LogP contribution >= 0.6 is 23.4 Å². The lowest BCUT2D eigenvalue weighted by Gasteiger charge is -2.25. The first-order valence-corrected chi connectivity index (χ1v) is 11.2. The molecule has 1 unspecified atom stereocenters. The fraction of sp³-hybridized carbons (Fsp3) is 0.364. The van der Waals surface area contributed by atoms with Crippen LogP contribution in [0.25, 0.3) is 0 Å². The maximum atomic E-state index is 12.9. The molecule has 2 aromatic rings. The number of carbonyl (C=O) groups is 2. The van der Waals surface area contributed by atoms with Crippen LogP contribution in [-0.4, -0.2) is 55.0 Å². The van der Waals surface area contributed by atoms with E-state index in [4.69, 9.17) is 16.3 Å². The molecular weight excluding hydrogens is 408 g/mol. The summed E-state index contributed by atoms with van der Waals surface area (Å²) in [6, 6.07) is 14.0. The number of nitrogens with zero attached hydrogens (tertiary/aromatic N) is 1. The standard InChI is InChI=1S/C22H27ClN2O3S/c1-16-8-10-17(11-9-16)28-14-13-25(2)22(27)20(12-15-29-3)24-21(26)18-6-4-5-7-19(18)23/h4-11,20H,12-15H2,1-3H3,(H,24,26). The van der Waals surface area contributed by atoms with Crippen LogP contribution in [0.1, 0.15) is 22.3 Å². The third-order valence-electron chi connectivity index (χ3n) is 4.43. The van der Waals surface area contributed by atoms with Gasteiger partial charge in [-0.15, -0.1) is 0 Å². The van der Waals surface area contributed by atoms with E-state index in [0.717, 1.165) is 17.1 Å². The molecule has 0 spiro atoms. The van der Waals surface area contributed by atoms with Crippen molar-refractivity contribution >= 4 is 35.2 Å². The van der Waals surface area contributed by atoms with E-state index < -0.39 is 6.04 Å². The van der Waals surface area contributed by atoms with Gasteiger partial charge in [0.1, 0.15) is 18.4 Å². The fourth-order valence-corrected chi connectivity index (χ4v) is 3.38. The number of ether oxygens (including phenoxy) is 1. The Kier molecular flexibility index (Phi) is 9.35. The highest BCUT2D eigenvalue weighted by molar-refractivity contribution is 7.98. The fourth-order valence-electron chi connectivity index (χ4n) is 2.69. The molecule has 0 aliphatic rings. The molecule has 0 aliphatic carbocycles. The van der Waals surface area contributed by atoms with Gasteiger partial charge in [0.05, 0.1) is 17.1 Å². The molecule has 0 bridgehead atoms. The van der Waals surface area contributed by atoms with Gasteiger partial charge < -0.3 is 15.0 Å². The van der Waals surface area contributed by atoms with E-state index in [1.165, 1.54) is 0 Å². The molecule has 7 heteroatoms. The van der Waals surface area contributed by atoms with E-state index in [9.17, 15) is 9.59 Å². The molecule has 0 saturated heterocycles. The molecule has 2 rings (SSSR count). The monoisotopic (exact) mass is 434 g/mol. The highest BCUT2D eigenvalue weighted by atomic mass is 35.5. The van der Waals surface area contributed by atoms with Crippen LogP contribution in [0.15, 0.2) is 48.5 Å². The number of nitrogens with one attached hydrogen (secondary N) is 1. The Balaban J connectivity index is 1.94. The summed E-state index contributed by atoms with van der Waals surface area (Å²) in [5.74, 6) is 1.03. The minimum atomic E-state index is -0.615. The maximum absolute atomic E-state index is 12.9. The summed E-state index contributed by atoms with van der Waals surface area (Å²) in [4.78, 5) is 27.1. The number of likely N-dealkylation sites (N-methyl/N-ethyl adjacent to an activating group) is 1. The molecule has 0 radical (unpaired) electrons. The molecule has 1 N–H and O–H groups in total. The van der Waals surface area contributed by atoms with E-state index in [1.54, 1.807) is 48.0 Å². The van der Waals surface area contributed by atoms with E-state index in [2.05, 4.69) is 5.32 Å². The molecule has 0 aromatic heterocycles. The average molecular weight is 435 g/mol. The Hall–Kier alpha value is -2.18. The largest absolute Gasteiger partial charge is 0.492 e. The first-order valence-electron chi connectivity index (χ1n) is 9.41. The Morgan fingerprint density at radius 3 is 2.52 bits per heavy atom. The normalized spacial score (nSPS) is 11.6. The second kappa shape index (κ2) is 11.7. The van der Waals surface area contributed by atoms with Gasteiger partial charge >= 0.3 is 0 Å². The summed E-state index contributed by atoms with van der Waals surface area (Å²) < 4.78 is 5.71. The lowest BCUT2D eigenvalue weighted by molar-refractivity contribution is -0.132. The zero-order chi connectivity index (χ0) is 21.2.